The van der Waals surface area contributed by atoms with Crippen molar-refractivity contribution < 1.29 is 4.92 Å². The van der Waals surface area contributed by atoms with Crippen LogP contribution in [0.1, 0.15) is 0 Å². The van der Waals surface area contributed by atoms with Crippen LogP contribution in [-0.2, 0) is 0 Å². The Bertz CT molecular complexity index is 513. The molecule has 2 aliphatic heterocycles. The molecule has 0 atom stereocenters. The largest absolute Gasteiger partial charge is 0.368 e. The van der Waals surface area contributed by atoms with Crippen molar-refractivity contribution in [3.05, 3.63) is 31.9 Å². The Morgan fingerprint density at radius 2 is 1.95 bits per heavy atom. The fourth-order valence-corrected chi connectivity index (χ4v) is 3.57. The number of nitrogens with zero attached hydrogens (tertiary/aromatic N) is 3. The quantitative estimate of drug-likeness (QED) is 0.481. The third kappa shape index (κ3) is 2.75. The number of non-ortho nitro benzene ring substituents is 1. The molecule has 2 heterocycles. The Morgan fingerprint density at radius 1 is 1.25 bits per heavy atom. The van der Waals surface area contributed by atoms with Gasteiger partial charge in [0.1, 0.15) is 0 Å². The van der Waals surface area contributed by atoms with E-state index in [9.17, 15) is 10.1 Å². The molecule has 2 aliphatic rings. The van der Waals surface area contributed by atoms with Crippen molar-refractivity contribution >= 4 is 34.0 Å². The Labute approximate surface area is 131 Å². The van der Waals surface area contributed by atoms with Gasteiger partial charge in [-0.3, -0.25) is 15.0 Å². The van der Waals surface area contributed by atoms with Crippen LogP contribution < -0.4 is 10.2 Å². The maximum absolute atomic E-state index is 10.8. The van der Waals surface area contributed by atoms with Crippen LogP contribution in [0.3, 0.4) is 0 Å². The second-order valence-electron chi connectivity index (χ2n) is 5.23. The normalized spacial score (nSPS) is 20.8. The van der Waals surface area contributed by atoms with E-state index in [2.05, 4.69) is 37.7 Å². The zero-order chi connectivity index (χ0) is 14.1. The van der Waals surface area contributed by atoms with Crippen molar-refractivity contribution in [2.24, 2.45) is 0 Å². The third-order valence-electron chi connectivity index (χ3n) is 4.07. The lowest BCUT2D eigenvalue weighted by Crippen LogP contribution is -2.61. The average Bonchev–Trinajstić information content (AvgIpc) is 2.37. The topological polar surface area (TPSA) is 61.7 Å². The Morgan fingerprint density at radius 3 is 2.45 bits per heavy atom. The van der Waals surface area contributed by atoms with E-state index in [0.717, 1.165) is 48.5 Å². The molecule has 0 bridgehead atoms. The van der Waals surface area contributed by atoms with Gasteiger partial charge in [-0.2, -0.15) is 0 Å². The van der Waals surface area contributed by atoms with Crippen molar-refractivity contribution in [1.29, 1.82) is 0 Å². The van der Waals surface area contributed by atoms with Crippen LogP contribution in [-0.4, -0.2) is 55.1 Å². The van der Waals surface area contributed by atoms with Gasteiger partial charge in [0.25, 0.3) is 5.69 Å². The first-order chi connectivity index (χ1) is 9.65. The highest BCUT2D eigenvalue weighted by atomic mass is 127. The standard InChI is InChI=1S/C13H17IN4O2/c14-12-7-10(18(19)20)1-2-13(12)17-5-3-16(4-6-17)11-8-15-9-11/h1-2,7,11,15H,3-6,8-9H2. The first-order valence-corrected chi connectivity index (χ1v) is 7.86. The molecule has 2 saturated heterocycles. The smallest absolute Gasteiger partial charge is 0.270 e. The molecule has 0 aliphatic carbocycles. The van der Waals surface area contributed by atoms with Crippen LogP contribution in [0.2, 0.25) is 0 Å². The van der Waals surface area contributed by atoms with Crippen molar-refractivity contribution in [2.75, 3.05) is 44.2 Å². The van der Waals surface area contributed by atoms with E-state index in [1.54, 1.807) is 12.1 Å². The molecule has 0 radical (unpaired) electrons. The van der Waals surface area contributed by atoms with Gasteiger partial charge in [0.05, 0.1) is 10.6 Å². The second kappa shape index (κ2) is 5.82. The summed E-state index contributed by atoms with van der Waals surface area (Å²) in [5, 5.41) is 14.1. The number of piperazine rings is 1. The summed E-state index contributed by atoms with van der Waals surface area (Å²) in [5.41, 5.74) is 1.28. The van der Waals surface area contributed by atoms with E-state index in [0.29, 0.717) is 6.04 Å². The first kappa shape index (κ1) is 14.0. The molecule has 1 aromatic rings. The van der Waals surface area contributed by atoms with Gasteiger partial charge in [-0.05, 0) is 28.7 Å². The van der Waals surface area contributed by atoms with Gasteiger partial charge in [0.15, 0.2) is 0 Å². The van der Waals surface area contributed by atoms with Gasteiger partial charge in [0.2, 0.25) is 0 Å². The molecule has 2 fully saturated rings. The summed E-state index contributed by atoms with van der Waals surface area (Å²) in [6.07, 6.45) is 0. The summed E-state index contributed by atoms with van der Waals surface area (Å²) < 4.78 is 0.954. The molecule has 0 aromatic heterocycles. The van der Waals surface area contributed by atoms with Crippen molar-refractivity contribution in [1.82, 2.24) is 10.2 Å². The van der Waals surface area contributed by atoms with Crippen LogP contribution in [0.5, 0.6) is 0 Å². The zero-order valence-corrected chi connectivity index (χ0v) is 13.2. The van der Waals surface area contributed by atoms with Gasteiger partial charge in [-0.25, -0.2) is 0 Å². The van der Waals surface area contributed by atoms with Crippen LogP contribution in [0.4, 0.5) is 11.4 Å². The second-order valence-corrected chi connectivity index (χ2v) is 6.39. The molecule has 0 saturated carbocycles. The van der Waals surface area contributed by atoms with Crippen molar-refractivity contribution in [2.45, 2.75) is 6.04 Å². The number of halogens is 1. The fourth-order valence-electron chi connectivity index (χ4n) is 2.73. The van der Waals surface area contributed by atoms with E-state index in [-0.39, 0.29) is 10.6 Å². The fraction of sp³-hybridized carbons (Fsp3) is 0.538. The Kier molecular flexibility index (Phi) is 4.08. The van der Waals surface area contributed by atoms with Gasteiger partial charge in [-0.1, -0.05) is 0 Å². The molecule has 1 N–H and O–H groups in total. The number of nitro benzene ring substituents is 1. The predicted octanol–water partition coefficient (Wildman–Crippen LogP) is 1.29. The molecule has 6 nitrogen and oxygen atoms in total. The number of nitro groups is 1. The number of rotatable bonds is 3. The molecular formula is C13H17IN4O2. The van der Waals surface area contributed by atoms with Crippen molar-refractivity contribution in [3.8, 4) is 0 Å². The minimum Gasteiger partial charge on any atom is -0.368 e. The first-order valence-electron chi connectivity index (χ1n) is 6.79. The molecule has 20 heavy (non-hydrogen) atoms. The molecule has 3 rings (SSSR count). The number of hydrogen-bond acceptors (Lipinski definition) is 5. The zero-order valence-electron chi connectivity index (χ0n) is 11.1. The predicted molar refractivity (Wildman–Crippen MR) is 86.3 cm³/mol. The number of hydrogen-bond donors (Lipinski definition) is 1. The van der Waals surface area contributed by atoms with Gasteiger partial charge < -0.3 is 10.2 Å². The highest BCUT2D eigenvalue weighted by Gasteiger charge is 2.28. The molecule has 0 spiro atoms. The summed E-state index contributed by atoms with van der Waals surface area (Å²) in [6.45, 7) is 6.33. The molecule has 0 unspecified atom stereocenters. The maximum atomic E-state index is 10.8. The number of anilines is 1. The van der Waals surface area contributed by atoms with Gasteiger partial charge in [0, 0.05) is 61.0 Å². The molecule has 108 valence electrons. The summed E-state index contributed by atoms with van der Waals surface area (Å²) in [6, 6.07) is 5.83. The van der Waals surface area contributed by atoms with Crippen LogP contribution in [0, 0.1) is 13.7 Å². The average molecular weight is 388 g/mol. The summed E-state index contributed by atoms with van der Waals surface area (Å²) in [7, 11) is 0. The monoisotopic (exact) mass is 388 g/mol. The Hall–Kier alpha value is -0.930. The van der Waals surface area contributed by atoms with E-state index in [4.69, 9.17) is 0 Å². The van der Waals surface area contributed by atoms with E-state index in [1.165, 1.54) is 0 Å². The summed E-state index contributed by atoms with van der Waals surface area (Å²) >= 11 is 2.19. The SMILES string of the molecule is O=[N+]([O-])c1ccc(N2CCN(C3CNC3)CC2)c(I)c1. The minimum absolute atomic E-state index is 0.164. The highest BCUT2D eigenvalue weighted by molar-refractivity contribution is 14.1. The lowest BCUT2D eigenvalue weighted by atomic mass is 10.1. The van der Waals surface area contributed by atoms with Crippen LogP contribution in [0.15, 0.2) is 18.2 Å². The van der Waals surface area contributed by atoms with Gasteiger partial charge in [-0.15, -0.1) is 0 Å². The van der Waals surface area contributed by atoms with Crippen LogP contribution >= 0.6 is 22.6 Å². The van der Waals surface area contributed by atoms with E-state index >= 15 is 0 Å². The molecule has 0 amide bonds. The van der Waals surface area contributed by atoms with Gasteiger partial charge >= 0.3 is 0 Å². The van der Waals surface area contributed by atoms with Crippen LogP contribution in [0.25, 0.3) is 0 Å². The Balaban J connectivity index is 1.66. The lowest BCUT2D eigenvalue weighted by molar-refractivity contribution is -0.384. The minimum atomic E-state index is -0.340. The number of nitrogens with one attached hydrogen (secondary N) is 1. The summed E-state index contributed by atoms with van der Waals surface area (Å²) in [5.74, 6) is 0. The van der Waals surface area contributed by atoms with E-state index in [1.807, 2.05) is 6.07 Å². The highest BCUT2D eigenvalue weighted by Crippen LogP contribution is 2.28. The molecule has 7 heteroatoms. The molecular weight excluding hydrogens is 371 g/mol. The molecule has 1 aromatic carbocycles. The van der Waals surface area contributed by atoms with E-state index < -0.39 is 0 Å². The third-order valence-corrected chi connectivity index (χ3v) is 4.94. The maximum Gasteiger partial charge on any atom is 0.270 e. The lowest BCUT2D eigenvalue weighted by Gasteiger charge is -2.44. The summed E-state index contributed by atoms with van der Waals surface area (Å²) in [4.78, 5) is 15.3. The van der Waals surface area contributed by atoms with Crippen molar-refractivity contribution in [3.63, 3.8) is 0 Å². The number of benzene rings is 1.